The largest absolute Gasteiger partial charge is 0.316 e. The second kappa shape index (κ2) is 5.89. The lowest BCUT2D eigenvalue weighted by atomic mass is 10.1. The first kappa shape index (κ1) is 13.0. The van der Waals surface area contributed by atoms with Crippen molar-refractivity contribution in [3.8, 4) is 0 Å². The maximum atomic E-state index is 11.5. The number of carbonyl (C=O) groups is 1. The molecule has 0 aliphatic carbocycles. The molecule has 1 aromatic rings. The minimum absolute atomic E-state index is 0.295. The smallest absolute Gasteiger partial charge is 0.257 e. The minimum Gasteiger partial charge on any atom is -0.316 e. The van der Waals surface area contributed by atoms with Crippen LogP contribution in [0.15, 0.2) is 29.2 Å². The number of rotatable bonds is 4. The highest BCUT2D eigenvalue weighted by Gasteiger charge is 2.17. The molecule has 0 fully saturated rings. The van der Waals surface area contributed by atoms with Gasteiger partial charge in [-0.25, -0.2) is 5.84 Å². The number of nitrogens with two attached hydrogens (primary N) is 2. The molecule has 1 atom stereocenters. The molecule has 0 saturated heterocycles. The van der Waals surface area contributed by atoms with Gasteiger partial charge in [0.15, 0.2) is 0 Å². The van der Waals surface area contributed by atoms with E-state index < -0.39 is 6.04 Å². The molecule has 16 heavy (non-hydrogen) atoms. The summed E-state index contributed by atoms with van der Waals surface area (Å²) >= 11 is 1.75. The lowest BCUT2D eigenvalue weighted by Crippen LogP contribution is -2.40. The van der Waals surface area contributed by atoms with E-state index in [1.165, 1.54) is 11.9 Å². The van der Waals surface area contributed by atoms with Gasteiger partial charge in [0, 0.05) is 11.9 Å². The number of thioether (sulfide) groups is 1. The first-order valence-corrected chi connectivity index (χ1v) is 6.05. The van der Waals surface area contributed by atoms with Crippen LogP contribution in [0.25, 0.3) is 0 Å². The second-order valence-corrected chi connectivity index (χ2v) is 4.77. The molecule has 1 unspecified atom stereocenters. The van der Waals surface area contributed by atoms with Gasteiger partial charge in [-0.05, 0) is 23.4 Å². The molecule has 0 bridgehead atoms. The van der Waals surface area contributed by atoms with Crippen LogP contribution >= 0.6 is 11.8 Å². The molecular formula is C11H17N3OS. The average Bonchev–Trinajstić information content (AvgIpc) is 2.28. The van der Waals surface area contributed by atoms with Crippen molar-refractivity contribution < 1.29 is 4.79 Å². The van der Waals surface area contributed by atoms with Crippen LogP contribution in [0, 0.1) is 0 Å². The number of nitrogens with zero attached hydrogens (tertiary/aromatic N) is 1. The fraction of sp³-hybridized carbons (Fsp3) is 0.364. The van der Waals surface area contributed by atoms with Crippen molar-refractivity contribution in [3.05, 3.63) is 29.8 Å². The van der Waals surface area contributed by atoms with Crippen molar-refractivity contribution in [1.29, 1.82) is 0 Å². The molecule has 0 aliphatic rings. The molecule has 0 heterocycles. The second-order valence-electron chi connectivity index (χ2n) is 3.43. The van der Waals surface area contributed by atoms with Gasteiger partial charge in [0.05, 0.1) is 0 Å². The molecule has 1 amide bonds. The van der Waals surface area contributed by atoms with E-state index in [4.69, 9.17) is 11.6 Å². The SMILES string of the molecule is CCSc1ccc(C(N)C(=O)N(C)N)cc1. The predicted octanol–water partition coefficient (Wildman–Crippen LogP) is 1.13. The van der Waals surface area contributed by atoms with Gasteiger partial charge >= 0.3 is 0 Å². The van der Waals surface area contributed by atoms with E-state index in [9.17, 15) is 4.79 Å². The highest BCUT2D eigenvalue weighted by Crippen LogP contribution is 2.20. The standard InChI is InChI=1S/C11H17N3OS/c1-3-16-9-6-4-8(5-7-9)10(12)11(15)14(2)13/h4-7,10H,3,12-13H2,1-2H3. The van der Waals surface area contributed by atoms with E-state index in [1.807, 2.05) is 24.3 Å². The van der Waals surface area contributed by atoms with Crippen LogP contribution in [0.5, 0.6) is 0 Å². The minimum atomic E-state index is -0.685. The van der Waals surface area contributed by atoms with Crippen LogP contribution in [0.4, 0.5) is 0 Å². The third-order valence-corrected chi connectivity index (χ3v) is 3.06. The van der Waals surface area contributed by atoms with Crippen LogP contribution < -0.4 is 11.6 Å². The van der Waals surface area contributed by atoms with Crippen molar-refractivity contribution >= 4 is 17.7 Å². The topological polar surface area (TPSA) is 72.4 Å². The van der Waals surface area contributed by atoms with Gasteiger partial charge in [-0.3, -0.25) is 9.80 Å². The molecule has 4 N–H and O–H groups in total. The summed E-state index contributed by atoms with van der Waals surface area (Å²) in [5, 5.41) is 1.01. The van der Waals surface area contributed by atoms with Crippen molar-refractivity contribution in [3.63, 3.8) is 0 Å². The fourth-order valence-electron chi connectivity index (χ4n) is 1.30. The Hall–Kier alpha value is -1.04. The zero-order chi connectivity index (χ0) is 12.1. The van der Waals surface area contributed by atoms with Crippen LogP contribution in [0.1, 0.15) is 18.5 Å². The first-order chi connectivity index (χ1) is 7.56. The monoisotopic (exact) mass is 239 g/mol. The number of benzene rings is 1. The fourth-order valence-corrected chi connectivity index (χ4v) is 1.96. The molecule has 1 rings (SSSR count). The molecule has 88 valence electrons. The molecule has 5 heteroatoms. The van der Waals surface area contributed by atoms with Crippen LogP contribution in [0.2, 0.25) is 0 Å². The van der Waals surface area contributed by atoms with Gasteiger partial charge in [-0.2, -0.15) is 0 Å². The summed E-state index contributed by atoms with van der Waals surface area (Å²) in [6.07, 6.45) is 0. The summed E-state index contributed by atoms with van der Waals surface area (Å²) in [5.74, 6) is 6.08. The summed E-state index contributed by atoms with van der Waals surface area (Å²) in [6, 6.07) is 6.98. The molecule has 1 aromatic carbocycles. The lowest BCUT2D eigenvalue weighted by Gasteiger charge is -2.16. The van der Waals surface area contributed by atoms with E-state index in [0.29, 0.717) is 0 Å². The number of hydrogen-bond donors (Lipinski definition) is 2. The summed E-state index contributed by atoms with van der Waals surface area (Å²) in [5.41, 5.74) is 6.57. The zero-order valence-corrected chi connectivity index (χ0v) is 10.3. The van der Waals surface area contributed by atoms with Crippen molar-refractivity contribution in [1.82, 2.24) is 5.01 Å². The number of hydrazine groups is 1. The lowest BCUT2D eigenvalue weighted by molar-refractivity contribution is -0.131. The molecule has 0 saturated carbocycles. The van der Waals surface area contributed by atoms with Gasteiger partial charge in [0.2, 0.25) is 0 Å². The Bertz CT molecular complexity index is 351. The Morgan fingerprint density at radius 1 is 1.44 bits per heavy atom. The maximum absolute atomic E-state index is 11.5. The molecule has 0 aromatic heterocycles. The van der Waals surface area contributed by atoms with E-state index in [2.05, 4.69) is 6.92 Å². The third kappa shape index (κ3) is 3.23. The van der Waals surface area contributed by atoms with Gasteiger partial charge < -0.3 is 5.73 Å². The quantitative estimate of drug-likeness (QED) is 0.357. The number of amides is 1. The van der Waals surface area contributed by atoms with Crippen molar-refractivity contribution in [2.75, 3.05) is 12.8 Å². The number of hydrogen-bond acceptors (Lipinski definition) is 4. The maximum Gasteiger partial charge on any atom is 0.257 e. The van der Waals surface area contributed by atoms with E-state index in [1.54, 1.807) is 11.8 Å². The van der Waals surface area contributed by atoms with Gasteiger partial charge in [-0.1, -0.05) is 19.1 Å². The van der Waals surface area contributed by atoms with E-state index in [0.717, 1.165) is 16.3 Å². The van der Waals surface area contributed by atoms with Crippen LogP contribution in [0.3, 0.4) is 0 Å². The van der Waals surface area contributed by atoms with E-state index in [-0.39, 0.29) is 5.91 Å². The molecule has 0 spiro atoms. The summed E-state index contributed by atoms with van der Waals surface area (Å²) in [6.45, 7) is 2.09. The summed E-state index contributed by atoms with van der Waals surface area (Å²) < 4.78 is 0. The molecule has 0 aliphatic heterocycles. The highest BCUT2D eigenvalue weighted by atomic mass is 32.2. The van der Waals surface area contributed by atoms with Crippen LogP contribution in [-0.4, -0.2) is 23.7 Å². The van der Waals surface area contributed by atoms with Gasteiger partial charge in [0.1, 0.15) is 6.04 Å². The van der Waals surface area contributed by atoms with E-state index >= 15 is 0 Å². The van der Waals surface area contributed by atoms with Gasteiger partial charge in [-0.15, -0.1) is 11.8 Å². The molecular weight excluding hydrogens is 222 g/mol. The Labute approximate surface area is 100.0 Å². The third-order valence-electron chi connectivity index (χ3n) is 2.16. The van der Waals surface area contributed by atoms with Gasteiger partial charge in [0.25, 0.3) is 5.91 Å². The summed E-state index contributed by atoms with van der Waals surface area (Å²) in [7, 11) is 1.49. The van der Waals surface area contributed by atoms with Crippen LogP contribution in [-0.2, 0) is 4.79 Å². The molecule has 4 nitrogen and oxygen atoms in total. The molecule has 0 radical (unpaired) electrons. The first-order valence-electron chi connectivity index (χ1n) is 5.07. The Morgan fingerprint density at radius 3 is 2.44 bits per heavy atom. The van der Waals surface area contributed by atoms with Crippen molar-refractivity contribution in [2.24, 2.45) is 11.6 Å². The normalized spacial score (nSPS) is 12.2. The van der Waals surface area contributed by atoms with Crippen molar-refractivity contribution in [2.45, 2.75) is 17.9 Å². The highest BCUT2D eigenvalue weighted by molar-refractivity contribution is 7.99. The Morgan fingerprint density at radius 2 is 2.00 bits per heavy atom. The summed E-state index contributed by atoms with van der Waals surface area (Å²) in [4.78, 5) is 12.7. The Balaban J connectivity index is 2.77. The Kier molecular flexibility index (Phi) is 4.79. The number of likely N-dealkylation sites (N-methyl/N-ethyl adjacent to an activating group) is 1. The zero-order valence-electron chi connectivity index (χ0n) is 9.51. The predicted molar refractivity (Wildman–Crippen MR) is 66.7 cm³/mol. The average molecular weight is 239 g/mol. The number of carbonyl (C=O) groups excluding carboxylic acids is 1.